The number of nitrogens with one attached hydrogen (secondary N) is 1. The number of pyridine rings is 1. The lowest BCUT2D eigenvalue weighted by atomic mass is 10.0. The quantitative estimate of drug-likeness (QED) is 0.506. The molecule has 3 aromatic rings. The van der Waals surface area contributed by atoms with E-state index >= 15 is 0 Å². The van der Waals surface area contributed by atoms with Crippen LogP contribution in [0.5, 0.6) is 0 Å². The van der Waals surface area contributed by atoms with E-state index in [-0.39, 0.29) is 23.3 Å². The highest BCUT2D eigenvalue weighted by molar-refractivity contribution is 7.89. The molecule has 0 aliphatic rings. The van der Waals surface area contributed by atoms with Crippen molar-refractivity contribution >= 4 is 15.9 Å². The number of aryl methyl sites for hydroxylation is 1. The molecule has 3 rings (SSSR count). The minimum Gasteiger partial charge on any atom is -0.344 e. The molecular weight excluding hydrogens is 422 g/mol. The third-order valence-electron chi connectivity index (χ3n) is 5.33. The first-order valence-corrected chi connectivity index (χ1v) is 12.2. The predicted octanol–water partition coefficient (Wildman–Crippen LogP) is 3.95. The fourth-order valence-corrected chi connectivity index (χ4v) is 5.01. The van der Waals surface area contributed by atoms with Crippen molar-refractivity contribution in [1.82, 2.24) is 14.6 Å². The SMILES string of the molecule is CCN(CC)S(=O)(=O)c1ccc(CCC(=O)NC(c2ccccc2)c2ccccn2)cc1. The van der Waals surface area contributed by atoms with Crippen LogP contribution in [0.15, 0.2) is 83.9 Å². The number of rotatable bonds is 10. The molecule has 1 heterocycles. The van der Waals surface area contributed by atoms with Crippen molar-refractivity contribution in [2.24, 2.45) is 0 Å². The molecule has 1 amide bonds. The Bertz CT molecular complexity index is 1060. The summed E-state index contributed by atoms with van der Waals surface area (Å²) in [4.78, 5) is 17.4. The average molecular weight is 452 g/mol. The summed E-state index contributed by atoms with van der Waals surface area (Å²) in [7, 11) is -3.48. The molecule has 6 nitrogen and oxygen atoms in total. The molecule has 0 fully saturated rings. The summed E-state index contributed by atoms with van der Waals surface area (Å²) < 4.78 is 26.7. The van der Waals surface area contributed by atoms with E-state index in [1.54, 1.807) is 30.5 Å². The summed E-state index contributed by atoms with van der Waals surface area (Å²) in [6, 6.07) is 21.8. The molecule has 0 aliphatic carbocycles. The molecular formula is C25H29N3O3S. The van der Waals surface area contributed by atoms with Crippen molar-refractivity contribution in [3.63, 3.8) is 0 Å². The summed E-state index contributed by atoms with van der Waals surface area (Å²) in [5.41, 5.74) is 2.65. The molecule has 0 bridgehead atoms. The van der Waals surface area contributed by atoms with Crippen LogP contribution >= 0.6 is 0 Å². The Morgan fingerprint density at radius 2 is 1.59 bits per heavy atom. The number of benzene rings is 2. The second-order valence-corrected chi connectivity index (χ2v) is 9.34. The molecule has 1 atom stereocenters. The summed E-state index contributed by atoms with van der Waals surface area (Å²) in [6.07, 6.45) is 2.52. The van der Waals surface area contributed by atoms with Gasteiger partial charge in [-0.2, -0.15) is 4.31 Å². The lowest BCUT2D eigenvalue weighted by Crippen LogP contribution is -2.30. The second kappa shape index (κ2) is 11.0. The van der Waals surface area contributed by atoms with Gasteiger partial charge in [0.2, 0.25) is 15.9 Å². The fourth-order valence-electron chi connectivity index (χ4n) is 3.55. The molecule has 7 heteroatoms. The van der Waals surface area contributed by atoms with E-state index in [4.69, 9.17) is 0 Å². The molecule has 168 valence electrons. The van der Waals surface area contributed by atoms with Crippen LogP contribution in [0.2, 0.25) is 0 Å². The average Bonchev–Trinajstić information content (AvgIpc) is 2.83. The van der Waals surface area contributed by atoms with E-state index in [2.05, 4.69) is 10.3 Å². The smallest absolute Gasteiger partial charge is 0.243 e. The van der Waals surface area contributed by atoms with Gasteiger partial charge in [0.25, 0.3) is 0 Å². The van der Waals surface area contributed by atoms with Gasteiger partial charge in [-0.25, -0.2) is 8.42 Å². The van der Waals surface area contributed by atoms with E-state index in [1.807, 2.05) is 62.4 Å². The maximum Gasteiger partial charge on any atom is 0.243 e. The maximum absolute atomic E-state index is 12.7. The zero-order chi connectivity index (χ0) is 23.0. The van der Waals surface area contributed by atoms with E-state index < -0.39 is 10.0 Å². The van der Waals surface area contributed by atoms with Crippen LogP contribution in [-0.2, 0) is 21.2 Å². The fraction of sp³-hybridized carbons (Fsp3) is 0.280. The van der Waals surface area contributed by atoms with Crippen LogP contribution < -0.4 is 5.32 Å². The lowest BCUT2D eigenvalue weighted by Gasteiger charge is -2.19. The van der Waals surface area contributed by atoms with Gasteiger partial charge in [-0.3, -0.25) is 9.78 Å². The van der Waals surface area contributed by atoms with Gasteiger partial charge in [0.15, 0.2) is 0 Å². The summed E-state index contributed by atoms with van der Waals surface area (Å²) in [5.74, 6) is -0.0932. The highest BCUT2D eigenvalue weighted by Gasteiger charge is 2.21. The van der Waals surface area contributed by atoms with E-state index in [0.29, 0.717) is 19.5 Å². The number of sulfonamides is 1. The van der Waals surface area contributed by atoms with Crippen molar-refractivity contribution in [3.05, 3.63) is 95.8 Å². The molecule has 0 spiro atoms. The number of hydrogen-bond donors (Lipinski definition) is 1. The maximum atomic E-state index is 12.7. The zero-order valence-electron chi connectivity index (χ0n) is 18.4. The normalized spacial score (nSPS) is 12.5. The molecule has 0 saturated carbocycles. The molecule has 1 unspecified atom stereocenters. The van der Waals surface area contributed by atoms with Crippen LogP contribution in [0.25, 0.3) is 0 Å². The van der Waals surface area contributed by atoms with Crippen molar-refractivity contribution in [1.29, 1.82) is 0 Å². The third-order valence-corrected chi connectivity index (χ3v) is 7.39. The summed E-state index contributed by atoms with van der Waals surface area (Å²) >= 11 is 0. The van der Waals surface area contributed by atoms with Gasteiger partial charge in [-0.05, 0) is 41.8 Å². The molecule has 0 saturated heterocycles. The van der Waals surface area contributed by atoms with E-state index in [9.17, 15) is 13.2 Å². The Morgan fingerprint density at radius 3 is 2.19 bits per heavy atom. The second-order valence-electron chi connectivity index (χ2n) is 7.40. The van der Waals surface area contributed by atoms with Gasteiger partial charge in [0.05, 0.1) is 16.6 Å². The summed E-state index contributed by atoms with van der Waals surface area (Å²) in [6.45, 7) is 4.50. The first-order valence-electron chi connectivity index (χ1n) is 10.8. The van der Waals surface area contributed by atoms with Crippen LogP contribution in [-0.4, -0.2) is 36.7 Å². The van der Waals surface area contributed by atoms with Crippen molar-refractivity contribution in [2.45, 2.75) is 37.6 Å². The Labute approximate surface area is 190 Å². The third kappa shape index (κ3) is 5.81. The van der Waals surface area contributed by atoms with Gasteiger partial charge >= 0.3 is 0 Å². The molecule has 32 heavy (non-hydrogen) atoms. The Balaban J connectivity index is 1.66. The van der Waals surface area contributed by atoms with Crippen LogP contribution in [0.4, 0.5) is 0 Å². The van der Waals surface area contributed by atoms with Gasteiger partial charge in [0, 0.05) is 25.7 Å². The van der Waals surface area contributed by atoms with Crippen LogP contribution in [0.3, 0.4) is 0 Å². The minimum atomic E-state index is -3.48. The van der Waals surface area contributed by atoms with Gasteiger partial charge in [-0.1, -0.05) is 62.4 Å². The Hall–Kier alpha value is -3.03. The largest absolute Gasteiger partial charge is 0.344 e. The number of carbonyl (C=O) groups is 1. The number of carbonyl (C=O) groups excluding carboxylic acids is 1. The summed E-state index contributed by atoms with van der Waals surface area (Å²) in [5, 5.41) is 3.08. The number of hydrogen-bond acceptors (Lipinski definition) is 4. The van der Waals surface area contributed by atoms with Gasteiger partial charge in [-0.15, -0.1) is 0 Å². The molecule has 2 aromatic carbocycles. The minimum absolute atomic E-state index is 0.0932. The molecule has 0 aliphatic heterocycles. The highest BCUT2D eigenvalue weighted by atomic mass is 32.2. The van der Waals surface area contributed by atoms with Gasteiger partial charge < -0.3 is 5.32 Å². The van der Waals surface area contributed by atoms with Crippen molar-refractivity contribution in [3.8, 4) is 0 Å². The molecule has 1 aromatic heterocycles. The van der Waals surface area contributed by atoms with E-state index in [1.165, 1.54) is 4.31 Å². The van der Waals surface area contributed by atoms with Gasteiger partial charge in [0.1, 0.15) is 0 Å². The standard InChI is InChI=1S/C25H29N3O3S/c1-3-28(4-2)32(30,31)22-16-13-20(14-17-22)15-18-24(29)27-25(21-10-6-5-7-11-21)23-12-8-9-19-26-23/h5-14,16-17,19,25H,3-4,15,18H2,1-2H3,(H,27,29). The predicted molar refractivity (Wildman–Crippen MR) is 126 cm³/mol. The first kappa shape index (κ1) is 23.6. The van der Waals surface area contributed by atoms with Crippen LogP contribution in [0.1, 0.15) is 43.1 Å². The zero-order valence-corrected chi connectivity index (χ0v) is 19.3. The lowest BCUT2D eigenvalue weighted by molar-refractivity contribution is -0.121. The number of amides is 1. The number of nitrogens with zero attached hydrogens (tertiary/aromatic N) is 2. The van der Waals surface area contributed by atoms with Crippen LogP contribution in [0, 0.1) is 0 Å². The van der Waals surface area contributed by atoms with Crippen molar-refractivity contribution < 1.29 is 13.2 Å². The first-order chi connectivity index (χ1) is 15.5. The van der Waals surface area contributed by atoms with Crippen molar-refractivity contribution in [2.75, 3.05) is 13.1 Å². The Kier molecular flexibility index (Phi) is 8.14. The molecule has 1 N–H and O–H groups in total. The highest BCUT2D eigenvalue weighted by Crippen LogP contribution is 2.21. The topological polar surface area (TPSA) is 79.4 Å². The Morgan fingerprint density at radius 1 is 0.938 bits per heavy atom. The number of aromatic nitrogens is 1. The molecule has 0 radical (unpaired) electrons. The van der Waals surface area contributed by atoms with E-state index in [0.717, 1.165) is 16.8 Å². The monoisotopic (exact) mass is 451 g/mol.